The topological polar surface area (TPSA) is 30.5 Å². The van der Waals surface area contributed by atoms with Gasteiger partial charge in [-0.2, -0.15) is 0 Å². The highest BCUT2D eigenvalue weighted by Crippen LogP contribution is 2.36. The van der Waals surface area contributed by atoms with E-state index in [0.29, 0.717) is 0 Å². The lowest BCUT2D eigenvalue weighted by Crippen LogP contribution is -2.35. The molecule has 1 heterocycles. The van der Waals surface area contributed by atoms with Crippen LogP contribution in [0.3, 0.4) is 0 Å². The highest BCUT2D eigenvalue weighted by Gasteiger charge is 2.32. The molecule has 3 heteroatoms. The second kappa shape index (κ2) is 6.19. The molecule has 0 amide bonds. The highest BCUT2D eigenvalue weighted by molar-refractivity contribution is 5.41. The summed E-state index contributed by atoms with van der Waals surface area (Å²) in [6.07, 6.45) is 1.02. The molecule has 0 saturated carbocycles. The number of fused-ring (bicyclic) bond motifs is 1. The molecule has 1 aliphatic heterocycles. The van der Waals surface area contributed by atoms with Crippen LogP contribution in [0.1, 0.15) is 24.1 Å². The molecule has 1 aliphatic rings. The number of hydrogen-bond donors (Lipinski definition) is 1. The number of rotatable bonds is 5. The molecule has 0 spiro atoms. The summed E-state index contributed by atoms with van der Waals surface area (Å²) >= 11 is 0. The third-order valence-electron chi connectivity index (χ3n) is 3.94. The van der Waals surface area contributed by atoms with E-state index in [1.807, 2.05) is 30.3 Å². The smallest absolute Gasteiger partial charge is 0.123 e. The molecule has 1 N–H and O–H groups in total. The average Bonchev–Trinajstić information content (AvgIpc) is 2.96. The van der Waals surface area contributed by atoms with Gasteiger partial charge in [0.25, 0.3) is 0 Å². The van der Waals surface area contributed by atoms with E-state index < -0.39 is 0 Å². The lowest BCUT2D eigenvalue weighted by Gasteiger charge is -2.26. The fraction of sp³-hybridized carbons (Fsp3) is 0.333. The SMILES string of the molecule is CCNC(c1ccccc1OC)C1Cc2ccccc2O1. The summed E-state index contributed by atoms with van der Waals surface area (Å²) in [6.45, 7) is 3.00. The second-order valence-corrected chi connectivity index (χ2v) is 5.25. The summed E-state index contributed by atoms with van der Waals surface area (Å²) in [7, 11) is 1.71. The summed E-state index contributed by atoms with van der Waals surface area (Å²) in [5.41, 5.74) is 2.43. The van der Waals surface area contributed by atoms with E-state index >= 15 is 0 Å². The molecule has 2 aromatic rings. The second-order valence-electron chi connectivity index (χ2n) is 5.25. The van der Waals surface area contributed by atoms with Crippen LogP contribution in [0.15, 0.2) is 48.5 Å². The van der Waals surface area contributed by atoms with E-state index in [1.165, 1.54) is 5.56 Å². The van der Waals surface area contributed by atoms with Crippen molar-refractivity contribution in [3.63, 3.8) is 0 Å². The van der Waals surface area contributed by atoms with Crippen LogP contribution in [0.4, 0.5) is 0 Å². The summed E-state index contributed by atoms with van der Waals surface area (Å²) in [5, 5.41) is 3.55. The van der Waals surface area contributed by atoms with Crippen LogP contribution < -0.4 is 14.8 Å². The van der Waals surface area contributed by atoms with Gasteiger partial charge in [0.15, 0.2) is 0 Å². The zero-order chi connectivity index (χ0) is 14.7. The van der Waals surface area contributed by atoms with Gasteiger partial charge in [-0.05, 0) is 24.2 Å². The normalized spacial score (nSPS) is 17.9. The van der Waals surface area contributed by atoms with Crippen LogP contribution in [-0.4, -0.2) is 19.8 Å². The zero-order valence-corrected chi connectivity index (χ0v) is 12.5. The van der Waals surface area contributed by atoms with Crippen molar-refractivity contribution in [1.29, 1.82) is 0 Å². The largest absolute Gasteiger partial charge is 0.496 e. The van der Waals surface area contributed by atoms with Crippen LogP contribution in [-0.2, 0) is 6.42 Å². The van der Waals surface area contributed by atoms with Gasteiger partial charge in [-0.15, -0.1) is 0 Å². The Hall–Kier alpha value is -2.00. The van der Waals surface area contributed by atoms with Gasteiger partial charge >= 0.3 is 0 Å². The van der Waals surface area contributed by atoms with Gasteiger partial charge in [0.1, 0.15) is 17.6 Å². The molecule has 2 atom stereocenters. The molecule has 21 heavy (non-hydrogen) atoms. The summed E-state index contributed by atoms with van der Waals surface area (Å²) in [5.74, 6) is 1.91. The van der Waals surface area contributed by atoms with Gasteiger partial charge in [-0.25, -0.2) is 0 Å². The monoisotopic (exact) mass is 283 g/mol. The van der Waals surface area contributed by atoms with Crippen LogP contribution >= 0.6 is 0 Å². The molecule has 0 aliphatic carbocycles. The van der Waals surface area contributed by atoms with Crippen LogP contribution in [0.25, 0.3) is 0 Å². The fourth-order valence-electron chi connectivity index (χ4n) is 2.98. The molecule has 0 bridgehead atoms. The zero-order valence-electron chi connectivity index (χ0n) is 12.5. The number of hydrogen-bond acceptors (Lipinski definition) is 3. The maximum atomic E-state index is 6.16. The number of para-hydroxylation sites is 2. The van der Waals surface area contributed by atoms with E-state index in [1.54, 1.807) is 7.11 Å². The number of benzene rings is 2. The standard InChI is InChI=1S/C18H21NO2/c1-3-19-18(14-9-5-7-11-16(14)20-2)17-12-13-8-4-6-10-15(13)21-17/h4-11,17-19H,3,12H2,1-2H3. The van der Waals surface area contributed by atoms with Crippen molar-refractivity contribution in [1.82, 2.24) is 5.32 Å². The van der Waals surface area contributed by atoms with Crippen molar-refractivity contribution in [3.05, 3.63) is 59.7 Å². The first-order valence-electron chi connectivity index (χ1n) is 7.44. The first-order chi connectivity index (χ1) is 10.3. The predicted molar refractivity (Wildman–Crippen MR) is 84.0 cm³/mol. The van der Waals surface area contributed by atoms with Crippen molar-refractivity contribution < 1.29 is 9.47 Å². The van der Waals surface area contributed by atoms with Crippen molar-refractivity contribution in [3.8, 4) is 11.5 Å². The Kier molecular flexibility index (Phi) is 4.11. The van der Waals surface area contributed by atoms with Gasteiger partial charge in [-0.3, -0.25) is 0 Å². The van der Waals surface area contributed by atoms with E-state index in [2.05, 4.69) is 30.4 Å². The van der Waals surface area contributed by atoms with Crippen molar-refractivity contribution in [2.45, 2.75) is 25.5 Å². The molecule has 110 valence electrons. The molecule has 3 nitrogen and oxygen atoms in total. The first kappa shape index (κ1) is 14.0. The molecular formula is C18H21NO2. The highest BCUT2D eigenvalue weighted by atomic mass is 16.5. The van der Waals surface area contributed by atoms with Crippen molar-refractivity contribution >= 4 is 0 Å². The Morgan fingerprint density at radius 1 is 1.19 bits per heavy atom. The lowest BCUT2D eigenvalue weighted by atomic mass is 9.97. The fourth-order valence-corrected chi connectivity index (χ4v) is 2.98. The maximum absolute atomic E-state index is 6.16. The van der Waals surface area contributed by atoms with Crippen LogP contribution in [0.5, 0.6) is 11.5 Å². The molecule has 0 saturated heterocycles. The van der Waals surface area contributed by atoms with Gasteiger partial charge in [0, 0.05) is 12.0 Å². The minimum absolute atomic E-state index is 0.0960. The maximum Gasteiger partial charge on any atom is 0.123 e. The summed E-state index contributed by atoms with van der Waals surface area (Å²) in [4.78, 5) is 0. The minimum atomic E-state index is 0.0960. The van der Waals surface area contributed by atoms with Crippen molar-refractivity contribution in [2.24, 2.45) is 0 Å². The molecule has 2 unspecified atom stereocenters. The van der Waals surface area contributed by atoms with E-state index in [9.17, 15) is 0 Å². The van der Waals surface area contributed by atoms with E-state index in [-0.39, 0.29) is 12.1 Å². The van der Waals surface area contributed by atoms with Gasteiger partial charge in [0.05, 0.1) is 13.2 Å². The molecule has 3 rings (SSSR count). The van der Waals surface area contributed by atoms with Gasteiger partial charge in [-0.1, -0.05) is 43.3 Å². The van der Waals surface area contributed by atoms with E-state index in [4.69, 9.17) is 9.47 Å². The lowest BCUT2D eigenvalue weighted by molar-refractivity contribution is 0.177. The quantitative estimate of drug-likeness (QED) is 0.913. The Labute approximate surface area is 125 Å². The Morgan fingerprint density at radius 3 is 2.71 bits per heavy atom. The van der Waals surface area contributed by atoms with E-state index in [0.717, 1.165) is 30.0 Å². The molecule has 0 fully saturated rings. The van der Waals surface area contributed by atoms with Gasteiger partial charge < -0.3 is 14.8 Å². The van der Waals surface area contributed by atoms with Crippen LogP contribution in [0, 0.1) is 0 Å². The summed E-state index contributed by atoms with van der Waals surface area (Å²) < 4.78 is 11.7. The molecule has 2 aromatic carbocycles. The third-order valence-corrected chi connectivity index (χ3v) is 3.94. The number of likely N-dealkylation sites (N-methyl/N-ethyl adjacent to an activating group) is 1. The molecular weight excluding hydrogens is 262 g/mol. The number of methoxy groups -OCH3 is 1. The number of ether oxygens (including phenoxy) is 2. The average molecular weight is 283 g/mol. The van der Waals surface area contributed by atoms with Crippen molar-refractivity contribution in [2.75, 3.05) is 13.7 Å². The third kappa shape index (κ3) is 2.74. The Bertz CT molecular complexity index is 587. The minimum Gasteiger partial charge on any atom is -0.496 e. The first-order valence-corrected chi connectivity index (χ1v) is 7.44. The predicted octanol–water partition coefficient (Wildman–Crippen LogP) is 3.35. The Balaban J connectivity index is 1.90. The molecule has 0 aromatic heterocycles. The van der Waals surface area contributed by atoms with Gasteiger partial charge in [0.2, 0.25) is 0 Å². The number of nitrogens with one attached hydrogen (secondary N) is 1. The molecule has 0 radical (unpaired) electrons. The summed E-state index contributed by atoms with van der Waals surface area (Å²) in [6, 6.07) is 16.5. The Morgan fingerprint density at radius 2 is 1.95 bits per heavy atom. The van der Waals surface area contributed by atoms with Crippen LogP contribution in [0.2, 0.25) is 0 Å².